The average molecular weight is 331 g/mol. The molecule has 0 aliphatic rings. The molecule has 3 aromatic heterocycles. The lowest BCUT2D eigenvalue weighted by atomic mass is 10.3. The SMILES string of the molecule is COC(=O)c1ccoc1CSc1nnc(-c2ccccn2)n1N. The van der Waals surface area contributed by atoms with E-state index in [4.69, 9.17) is 15.0 Å². The minimum absolute atomic E-state index is 0.370. The van der Waals surface area contributed by atoms with Gasteiger partial charge in [-0.2, -0.15) is 0 Å². The van der Waals surface area contributed by atoms with Gasteiger partial charge in [-0.25, -0.2) is 9.47 Å². The highest BCUT2D eigenvalue weighted by molar-refractivity contribution is 7.98. The minimum Gasteiger partial charge on any atom is -0.468 e. The molecule has 0 spiro atoms. The first kappa shape index (κ1) is 15.1. The van der Waals surface area contributed by atoms with Gasteiger partial charge in [0.25, 0.3) is 0 Å². The lowest BCUT2D eigenvalue weighted by Gasteiger charge is -2.03. The maximum Gasteiger partial charge on any atom is 0.341 e. The number of methoxy groups -OCH3 is 1. The highest BCUT2D eigenvalue weighted by Crippen LogP contribution is 2.25. The van der Waals surface area contributed by atoms with Crippen LogP contribution in [0.15, 0.2) is 46.3 Å². The fourth-order valence-electron chi connectivity index (χ4n) is 1.92. The van der Waals surface area contributed by atoms with E-state index in [0.29, 0.717) is 33.8 Å². The van der Waals surface area contributed by atoms with Crippen molar-refractivity contribution in [3.05, 3.63) is 48.0 Å². The van der Waals surface area contributed by atoms with Crippen LogP contribution < -0.4 is 5.84 Å². The normalized spacial score (nSPS) is 10.7. The molecule has 9 heteroatoms. The Morgan fingerprint density at radius 3 is 3.00 bits per heavy atom. The van der Waals surface area contributed by atoms with Gasteiger partial charge in [0.1, 0.15) is 17.0 Å². The van der Waals surface area contributed by atoms with E-state index in [-0.39, 0.29) is 0 Å². The number of carbonyl (C=O) groups is 1. The average Bonchev–Trinajstić information content (AvgIpc) is 3.19. The highest BCUT2D eigenvalue weighted by atomic mass is 32.2. The quantitative estimate of drug-likeness (QED) is 0.427. The third-order valence-electron chi connectivity index (χ3n) is 3.04. The summed E-state index contributed by atoms with van der Waals surface area (Å²) in [5.41, 5.74) is 1.01. The zero-order chi connectivity index (χ0) is 16.2. The minimum atomic E-state index is -0.447. The monoisotopic (exact) mass is 331 g/mol. The van der Waals surface area contributed by atoms with Gasteiger partial charge in [0.15, 0.2) is 0 Å². The molecule has 0 atom stereocenters. The van der Waals surface area contributed by atoms with Gasteiger partial charge in [-0.15, -0.1) is 10.2 Å². The van der Waals surface area contributed by atoms with E-state index < -0.39 is 5.97 Å². The van der Waals surface area contributed by atoms with Crippen molar-refractivity contribution < 1.29 is 13.9 Å². The zero-order valence-corrected chi connectivity index (χ0v) is 13.0. The zero-order valence-electron chi connectivity index (χ0n) is 12.2. The van der Waals surface area contributed by atoms with E-state index >= 15 is 0 Å². The summed E-state index contributed by atoms with van der Waals surface area (Å²) >= 11 is 1.30. The van der Waals surface area contributed by atoms with Gasteiger partial charge in [-0.05, 0) is 18.2 Å². The summed E-state index contributed by atoms with van der Waals surface area (Å²) in [6, 6.07) is 7.01. The third kappa shape index (κ3) is 3.04. The van der Waals surface area contributed by atoms with E-state index in [0.717, 1.165) is 0 Å². The summed E-state index contributed by atoms with van der Waals surface area (Å²) in [5.74, 6) is 6.88. The number of aromatic nitrogens is 4. The smallest absolute Gasteiger partial charge is 0.341 e. The van der Waals surface area contributed by atoms with Crippen LogP contribution in [0.2, 0.25) is 0 Å². The largest absolute Gasteiger partial charge is 0.468 e. The second-order valence-electron chi connectivity index (χ2n) is 4.43. The summed E-state index contributed by atoms with van der Waals surface area (Å²) in [6.45, 7) is 0. The Bertz CT molecular complexity index is 815. The maximum atomic E-state index is 11.6. The number of pyridine rings is 1. The number of furan rings is 1. The predicted molar refractivity (Wildman–Crippen MR) is 83.0 cm³/mol. The molecule has 23 heavy (non-hydrogen) atoms. The Kier molecular flexibility index (Phi) is 4.29. The van der Waals surface area contributed by atoms with Crippen LogP contribution in [0.1, 0.15) is 16.1 Å². The van der Waals surface area contributed by atoms with Crippen LogP contribution in [-0.4, -0.2) is 32.9 Å². The van der Waals surface area contributed by atoms with Crippen molar-refractivity contribution in [3.8, 4) is 11.5 Å². The number of hydrogen-bond donors (Lipinski definition) is 1. The summed E-state index contributed by atoms with van der Waals surface area (Å²) in [4.78, 5) is 15.8. The van der Waals surface area contributed by atoms with Gasteiger partial charge < -0.3 is 15.0 Å². The molecule has 0 unspecified atom stereocenters. The first-order valence-corrected chi connectivity index (χ1v) is 7.58. The number of nitrogens with zero attached hydrogens (tertiary/aromatic N) is 4. The number of hydrogen-bond acceptors (Lipinski definition) is 8. The second-order valence-corrected chi connectivity index (χ2v) is 5.37. The molecule has 0 saturated heterocycles. The van der Waals surface area contributed by atoms with E-state index in [9.17, 15) is 4.79 Å². The molecular formula is C14H13N5O3S. The van der Waals surface area contributed by atoms with Gasteiger partial charge in [-0.1, -0.05) is 17.8 Å². The Labute approximate surface area is 135 Å². The number of esters is 1. The van der Waals surface area contributed by atoms with Gasteiger partial charge >= 0.3 is 5.97 Å². The molecule has 0 saturated carbocycles. The Hall–Kier alpha value is -2.81. The van der Waals surface area contributed by atoms with Crippen LogP contribution >= 0.6 is 11.8 Å². The Balaban J connectivity index is 1.77. The van der Waals surface area contributed by atoms with Crippen molar-refractivity contribution in [2.24, 2.45) is 0 Å². The van der Waals surface area contributed by atoms with Crippen LogP contribution in [0, 0.1) is 0 Å². The van der Waals surface area contributed by atoms with Crippen molar-refractivity contribution in [1.82, 2.24) is 19.9 Å². The van der Waals surface area contributed by atoms with Crippen molar-refractivity contribution in [3.63, 3.8) is 0 Å². The number of nitrogens with two attached hydrogens (primary N) is 1. The van der Waals surface area contributed by atoms with Crippen molar-refractivity contribution in [2.75, 3.05) is 13.0 Å². The second kappa shape index (κ2) is 6.53. The van der Waals surface area contributed by atoms with Crippen LogP contribution in [0.4, 0.5) is 0 Å². The van der Waals surface area contributed by atoms with Crippen LogP contribution in [-0.2, 0) is 10.5 Å². The molecule has 0 fully saturated rings. The molecule has 3 heterocycles. The standard InChI is InChI=1S/C14H13N5O3S/c1-21-13(20)9-5-7-22-11(9)8-23-14-18-17-12(19(14)15)10-4-2-3-6-16-10/h2-7H,8,15H2,1H3. The number of nitrogen functional groups attached to an aromatic ring is 1. The van der Waals surface area contributed by atoms with Gasteiger partial charge in [0.05, 0.1) is 19.1 Å². The molecular weight excluding hydrogens is 318 g/mol. The first-order valence-electron chi connectivity index (χ1n) is 6.60. The maximum absolute atomic E-state index is 11.6. The first-order chi connectivity index (χ1) is 11.2. The van der Waals surface area contributed by atoms with Crippen LogP contribution in [0.3, 0.4) is 0 Å². The number of ether oxygens (including phenoxy) is 1. The summed E-state index contributed by atoms with van der Waals surface area (Å²) in [7, 11) is 1.32. The molecule has 0 bridgehead atoms. The predicted octanol–water partition coefficient (Wildman–Crippen LogP) is 1.73. The molecule has 0 aliphatic carbocycles. The fraction of sp³-hybridized carbons (Fsp3) is 0.143. The number of thioether (sulfide) groups is 1. The molecule has 3 aromatic rings. The van der Waals surface area contributed by atoms with E-state index in [1.54, 1.807) is 18.3 Å². The molecule has 2 N–H and O–H groups in total. The van der Waals surface area contributed by atoms with Crippen molar-refractivity contribution in [2.45, 2.75) is 10.9 Å². The molecule has 0 aromatic carbocycles. The van der Waals surface area contributed by atoms with Crippen LogP contribution in [0.5, 0.6) is 0 Å². The molecule has 0 aliphatic heterocycles. The molecule has 118 valence electrons. The molecule has 8 nitrogen and oxygen atoms in total. The van der Waals surface area contributed by atoms with Crippen molar-refractivity contribution >= 4 is 17.7 Å². The summed E-state index contributed by atoms with van der Waals surface area (Å²) in [5, 5.41) is 8.57. The van der Waals surface area contributed by atoms with E-state index in [2.05, 4.69) is 15.2 Å². The van der Waals surface area contributed by atoms with E-state index in [1.165, 1.54) is 29.8 Å². The van der Waals surface area contributed by atoms with E-state index in [1.807, 2.05) is 12.1 Å². The lowest BCUT2D eigenvalue weighted by molar-refractivity contribution is 0.0598. The molecule has 0 radical (unpaired) electrons. The van der Waals surface area contributed by atoms with Gasteiger partial charge in [0, 0.05) is 6.20 Å². The number of carbonyl (C=O) groups excluding carboxylic acids is 1. The molecule has 0 amide bonds. The summed E-state index contributed by atoms with van der Waals surface area (Å²) < 4.78 is 11.4. The molecule has 3 rings (SSSR count). The van der Waals surface area contributed by atoms with Crippen molar-refractivity contribution in [1.29, 1.82) is 0 Å². The third-order valence-corrected chi connectivity index (χ3v) is 3.98. The highest BCUT2D eigenvalue weighted by Gasteiger charge is 2.18. The topological polar surface area (TPSA) is 109 Å². The van der Waals surface area contributed by atoms with Gasteiger partial charge in [0.2, 0.25) is 11.0 Å². The fourth-order valence-corrected chi connectivity index (χ4v) is 2.73. The summed E-state index contributed by atoms with van der Waals surface area (Å²) in [6.07, 6.45) is 3.09. The Morgan fingerprint density at radius 1 is 1.39 bits per heavy atom. The van der Waals surface area contributed by atoms with Gasteiger partial charge in [-0.3, -0.25) is 4.98 Å². The number of rotatable bonds is 5. The Morgan fingerprint density at radius 2 is 2.26 bits per heavy atom. The lowest BCUT2D eigenvalue weighted by Crippen LogP contribution is -2.12. The van der Waals surface area contributed by atoms with Crippen LogP contribution in [0.25, 0.3) is 11.5 Å².